The Bertz CT molecular complexity index is 1210. The third-order valence-corrected chi connectivity index (χ3v) is 14.7. The van der Waals surface area contributed by atoms with E-state index in [-0.39, 0.29) is 12.5 Å². The number of carbonyl (C=O) groups is 1. The molecule has 1 heterocycles. The lowest BCUT2D eigenvalue weighted by atomic mass is 9.99. The van der Waals surface area contributed by atoms with Gasteiger partial charge in [0.2, 0.25) is 5.91 Å². The van der Waals surface area contributed by atoms with Crippen LogP contribution >= 0.6 is 0 Å². The summed E-state index contributed by atoms with van der Waals surface area (Å²) >= 11 is 0. The molecule has 9 nitrogen and oxygen atoms in total. The smallest absolute Gasteiger partial charge is 0.220 e. The molecular weight excluding hydrogens is 887 g/mol. The fourth-order valence-corrected chi connectivity index (χ4v) is 9.82. The Morgan fingerprint density at radius 1 is 0.465 bits per heavy atom. The maximum absolute atomic E-state index is 13.1. The Hall–Kier alpha value is -1.59. The van der Waals surface area contributed by atoms with Gasteiger partial charge < -0.3 is 40.3 Å². The van der Waals surface area contributed by atoms with Gasteiger partial charge in [0.15, 0.2) is 6.29 Å². The van der Waals surface area contributed by atoms with Crippen LogP contribution in [-0.4, -0.2) is 87.5 Å². The number of nitrogens with one attached hydrogen (secondary N) is 1. The predicted octanol–water partition coefficient (Wildman–Crippen LogP) is 15.5. The highest BCUT2D eigenvalue weighted by Crippen LogP contribution is 2.23. The van der Waals surface area contributed by atoms with Crippen molar-refractivity contribution < 1.29 is 39.8 Å². The maximum Gasteiger partial charge on any atom is 0.220 e. The number of allylic oxidation sites excluding steroid dienone is 5. The quantitative estimate of drug-likeness (QED) is 0.0261. The Morgan fingerprint density at radius 2 is 0.803 bits per heavy atom. The van der Waals surface area contributed by atoms with E-state index in [9.17, 15) is 30.3 Å². The van der Waals surface area contributed by atoms with Gasteiger partial charge in [-0.25, -0.2) is 0 Å². The van der Waals surface area contributed by atoms with E-state index in [1.807, 2.05) is 6.08 Å². The van der Waals surface area contributed by atoms with E-state index in [2.05, 4.69) is 43.5 Å². The summed E-state index contributed by atoms with van der Waals surface area (Å²) in [6.45, 7) is 3.80. The SMILES string of the molecule is CCCCCCCCCCCCCC/C=C\CCCCCCCCCCCCCC(=O)NC(COC1OC(CO)C(O)C(O)C1O)C(O)/C=C/CC/C=C/CCCCCCCCCCCCCCCCC. The highest BCUT2D eigenvalue weighted by atomic mass is 16.7. The molecule has 0 aromatic rings. The zero-order valence-corrected chi connectivity index (χ0v) is 46.5. The van der Waals surface area contributed by atoms with Crippen LogP contribution in [-0.2, 0) is 14.3 Å². The third kappa shape index (κ3) is 41.4. The van der Waals surface area contributed by atoms with Crippen LogP contribution in [0.5, 0.6) is 0 Å². The van der Waals surface area contributed by atoms with Crippen LogP contribution in [0, 0.1) is 0 Å². The van der Waals surface area contributed by atoms with Crippen molar-refractivity contribution in [3.05, 3.63) is 36.5 Å². The largest absolute Gasteiger partial charge is 0.394 e. The fourth-order valence-electron chi connectivity index (χ4n) is 9.82. The molecule has 0 aliphatic carbocycles. The van der Waals surface area contributed by atoms with E-state index in [1.54, 1.807) is 6.08 Å². The average Bonchev–Trinajstić information content (AvgIpc) is 3.37. The summed E-state index contributed by atoms with van der Waals surface area (Å²) in [5.74, 6) is -0.184. The Balaban J connectivity index is 2.21. The number of ether oxygens (including phenoxy) is 2. The van der Waals surface area contributed by atoms with Gasteiger partial charge in [-0.1, -0.05) is 269 Å². The molecular formula is C62H117NO8. The minimum atomic E-state index is -1.57. The van der Waals surface area contributed by atoms with Crippen LogP contribution in [0.4, 0.5) is 0 Å². The highest BCUT2D eigenvalue weighted by molar-refractivity contribution is 5.76. The number of aliphatic hydroxyl groups excluding tert-OH is 5. The summed E-state index contributed by atoms with van der Waals surface area (Å²) in [7, 11) is 0. The second-order valence-corrected chi connectivity index (χ2v) is 21.5. The molecule has 1 saturated heterocycles. The summed E-state index contributed by atoms with van der Waals surface area (Å²) in [5.41, 5.74) is 0. The van der Waals surface area contributed by atoms with E-state index >= 15 is 0 Å². The van der Waals surface area contributed by atoms with Gasteiger partial charge in [0, 0.05) is 6.42 Å². The van der Waals surface area contributed by atoms with Crippen LogP contribution in [0.1, 0.15) is 296 Å². The molecule has 6 N–H and O–H groups in total. The molecule has 1 amide bonds. The molecule has 1 rings (SSSR count). The van der Waals surface area contributed by atoms with Gasteiger partial charge in [-0.2, -0.15) is 0 Å². The molecule has 0 spiro atoms. The van der Waals surface area contributed by atoms with Crippen molar-refractivity contribution >= 4 is 5.91 Å². The first kappa shape index (κ1) is 67.4. The summed E-state index contributed by atoms with van der Waals surface area (Å²) in [5, 5.41) is 54.6. The first-order valence-corrected chi connectivity index (χ1v) is 30.7. The number of rotatable bonds is 53. The van der Waals surface area contributed by atoms with Crippen molar-refractivity contribution in [3.8, 4) is 0 Å². The van der Waals surface area contributed by atoms with E-state index < -0.39 is 49.5 Å². The third-order valence-electron chi connectivity index (χ3n) is 14.7. The van der Waals surface area contributed by atoms with Crippen molar-refractivity contribution in [1.29, 1.82) is 0 Å². The first-order valence-electron chi connectivity index (χ1n) is 30.7. The molecule has 0 radical (unpaired) electrons. The molecule has 0 saturated carbocycles. The lowest BCUT2D eigenvalue weighted by molar-refractivity contribution is -0.302. The van der Waals surface area contributed by atoms with Crippen LogP contribution in [0.2, 0.25) is 0 Å². The number of aliphatic hydroxyl groups is 5. The minimum Gasteiger partial charge on any atom is -0.394 e. The normalized spacial score (nSPS) is 19.5. The molecule has 9 heteroatoms. The standard InChI is InChI=1S/C62H117NO8/c1-3-5-7-9-11-13-15-17-19-21-23-25-26-27-28-29-30-32-34-36-38-40-42-44-46-48-50-52-58(66)63-55(54-70-62-61(69)60(68)59(67)57(53-64)71-62)56(65)51-49-47-45-43-41-39-37-35-33-31-24-22-20-18-16-14-12-10-8-6-4-2/h27-28,41,43,49,51,55-57,59-62,64-65,67-69H,3-26,29-40,42,44-48,50,52-54H2,1-2H3,(H,63,66)/b28-27-,43-41+,51-49+. The summed E-state index contributed by atoms with van der Waals surface area (Å²) in [6, 6.07) is -0.822. The second kappa shape index (κ2) is 51.9. The number of hydrogen-bond acceptors (Lipinski definition) is 8. The zero-order chi connectivity index (χ0) is 51.5. The predicted molar refractivity (Wildman–Crippen MR) is 300 cm³/mol. The summed E-state index contributed by atoms with van der Waals surface area (Å²) in [4.78, 5) is 13.1. The number of amides is 1. The molecule has 0 aromatic heterocycles. The number of carbonyl (C=O) groups excluding carboxylic acids is 1. The second-order valence-electron chi connectivity index (χ2n) is 21.5. The van der Waals surface area contributed by atoms with Crippen LogP contribution in [0.15, 0.2) is 36.5 Å². The van der Waals surface area contributed by atoms with Crippen molar-refractivity contribution in [2.45, 2.75) is 339 Å². The van der Waals surface area contributed by atoms with Gasteiger partial charge in [0.25, 0.3) is 0 Å². The molecule has 0 aromatic carbocycles. The molecule has 1 fully saturated rings. The average molecular weight is 1000 g/mol. The zero-order valence-electron chi connectivity index (χ0n) is 46.5. The Kier molecular flexibility index (Phi) is 49.3. The summed E-state index contributed by atoms with van der Waals surface area (Å²) in [6.07, 6.45) is 60.8. The van der Waals surface area contributed by atoms with Crippen molar-refractivity contribution in [2.24, 2.45) is 0 Å². The molecule has 1 aliphatic heterocycles. The van der Waals surface area contributed by atoms with Gasteiger partial charge in [-0.15, -0.1) is 0 Å². The molecule has 418 valence electrons. The fraction of sp³-hybridized carbons (Fsp3) is 0.887. The lowest BCUT2D eigenvalue weighted by Crippen LogP contribution is -2.60. The molecule has 1 aliphatic rings. The van der Waals surface area contributed by atoms with Gasteiger partial charge in [-0.05, 0) is 57.8 Å². The van der Waals surface area contributed by atoms with Gasteiger partial charge in [0.1, 0.15) is 24.4 Å². The lowest BCUT2D eigenvalue weighted by Gasteiger charge is -2.40. The Morgan fingerprint density at radius 3 is 1.18 bits per heavy atom. The highest BCUT2D eigenvalue weighted by Gasteiger charge is 2.44. The van der Waals surface area contributed by atoms with Crippen LogP contribution in [0.3, 0.4) is 0 Å². The van der Waals surface area contributed by atoms with Crippen molar-refractivity contribution in [2.75, 3.05) is 13.2 Å². The topological polar surface area (TPSA) is 149 Å². The summed E-state index contributed by atoms with van der Waals surface area (Å²) < 4.78 is 11.3. The van der Waals surface area contributed by atoms with E-state index in [0.717, 1.165) is 38.5 Å². The molecule has 7 atom stereocenters. The van der Waals surface area contributed by atoms with Gasteiger partial charge >= 0.3 is 0 Å². The number of hydrogen-bond donors (Lipinski definition) is 6. The van der Waals surface area contributed by atoms with Crippen LogP contribution < -0.4 is 5.32 Å². The monoisotopic (exact) mass is 1000 g/mol. The number of unbranched alkanes of at least 4 members (excludes halogenated alkanes) is 39. The molecule has 7 unspecified atom stereocenters. The van der Waals surface area contributed by atoms with Crippen molar-refractivity contribution in [1.82, 2.24) is 5.32 Å². The van der Waals surface area contributed by atoms with E-state index in [0.29, 0.717) is 6.42 Å². The molecule has 0 bridgehead atoms. The van der Waals surface area contributed by atoms with Gasteiger partial charge in [0.05, 0.1) is 25.4 Å². The van der Waals surface area contributed by atoms with Crippen molar-refractivity contribution in [3.63, 3.8) is 0 Å². The van der Waals surface area contributed by atoms with E-state index in [4.69, 9.17) is 9.47 Å². The van der Waals surface area contributed by atoms with Crippen LogP contribution in [0.25, 0.3) is 0 Å². The molecule has 71 heavy (non-hydrogen) atoms. The first-order chi connectivity index (χ1) is 34.8. The van der Waals surface area contributed by atoms with E-state index in [1.165, 1.54) is 238 Å². The minimum absolute atomic E-state index is 0.184. The maximum atomic E-state index is 13.1. The Labute approximate surface area is 438 Å². The van der Waals surface area contributed by atoms with Gasteiger partial charge in [-0.3, -0.25) is 4.79 Å².